The third kappa shape index (κ3) is 7.10. The molecule has 0 unspecified atom stereocenters. The van der Waals surface area contributed by atoms with Crippen LogP contribution in [0.3, 0.4) is 0 Å². The van der Waals surface area contributed by atoms with E-state index in [4.69, 9.17) is 16.2 Å². The van der Waals surface area contributed by atoms with E-state index in [2.05, 4.69) is 10.6 Å². The van der Waals surface area contributed by atoms with Crippen molar-refractivity contribution in [2.45, 2.75) is 19.9 Å². The molecule has 0 heterocycles. The summed E-state index contributed by atoms with van der Waals surface area (Å²) in [5.74, 6) is -0.535. The van der Waals surface area contributed by atoms with Crippen LogP contribution < -0.4 is 26.8 Å². The molecule has 6 N–H and O–H groups in total. The molecule has 0 radical (unpaired) electrons. The van der Waals surface area contributed by atoms with Gasteiger partial charge in [-0.3, -0.25) is 14.4 Å². The SMILES string of the molecule is CC(C)[C@H](N)C(=O)NCC(=O)Nc1ccc(Oc2ccccc2C(N)=O)cc1.Cl. The number of rotatable bonds is 8. The summed E-state index contributed by atoms with van der Waals surface area (Å²) in [7, 11) is 0. The second kappa shape index (κ2) is 11.0. The van der Waals surface area contributed by atoms with E-state index in [1.165, 1.54) is 0 Å². The molecule has 0 aliphatic heterocycles. The van der Waals surface area contributed by atoms with E-state index in [0.717, 1.165) is 0 Å². The minimum Gasteiger partial charge on any atom is -0.457 e. The Hall–Kier alpha value is -3.10. The lowest BCUT2D eigenvalue weighted by Gasteiger charge is -2.15. The fourth-order valence-corrected chi connectivity index (χ4v) is 2.29. The van der Waals surface area contributed by atoms with Gasteiger partial charge in [0.1, 0.15) is 11.5 Å². The summed E-state index contributed by atoms with van der Waals surface area (Å²) in [6.07, 6.45) is 0. The van der Waals surface area contributed by atoms with E-state index >= 15 is 0 Å². The summed E-state index contributed by atoms with van der Waals surface area (Å²) >= 11 is 0. The molecule has 2 rings (SSSR count). The molecule has 29 heavy (non-hydrogen) atoms. The number of para-hydroxylation sites is 1. The minimum atomic E-state index is -0.660. The second-order valence-electron chi connectivity index (χ2n) is 6.52. The van der Waals surface area contributed by atoms with Gasteiger partial charge in [0.15, 0.2) is 0 Å². The molecule has 1 atom stereocenters. The van der Waals surface area contributed by atoms with E-state index in [0.29, 0.717) is 17.2 Å². The van der Waals surface area contributed by atoms with Crippen LogP contribution in [-0.4, -0.2) is 30.3 Å². The van der Waals surface area contributed by atoms with Gasteiger partial charge in [-0.2, -0.15) is 0 Å². The largest absolute Gasteiger partial charge is 0.457 e. The maximum atomic E-state index is 12.0. The van der Waals surface area contributed by atoms with E-state index in [-0.39, 0.29) is 42.2 Å². The maximum absolute atomic E-state index is 12.0. The third-order valence-corrected chi connectivity index (χ3v) is 3.96. The quantitative estimate of drug-likeness (QED) is 0.518. The normalized spacial score (nSPS) is 11.2. The van der Waals surface area contributed by atoms with Crippen LogP contribution in [0.4, 0.5) is 5.69 Å². The topological polar surface area (TPSA) is 137 Å². The van der Waals surface area contributed by atoms with Crippen LogP contribution in [0.25, 0.3) is 0 Å². The van der Waals surface area contributed by atoms with Gasteiger partial charge in [-0.05, 0) is 42.3 Å². The number of hydrogen-bond donors (Lipinski definition) is 4. The number of nitrogens with one attached hydrogen (secondary N) is 2. The van der Waals surface area contributed by atoms with Gasteiger partial charge < -0.3 is 26.8 Å². The fraction of sp³-hybridized carbons (Fsp3) is 0.250. The van der Waals surface area contributed by atoms with Crippen molar-refractivity contribution in [3.05, 3.63) is 54.1 Å². The first-order chi connectivity index (χ1) is 13.3. The van der Waals surface area contributed by atoms with Gasteiger partial charge in [-0.1, -0.05) is 26.0 Å². The maximum Gasteiger partial charge on any atom is 0.252 e. The zero-order chi connectivity index (χ0) is 20.7. The third-order valence-electron chi connectivity index (χ3n) is 3.96. The zero-order valence-corrected chi connectivity index (χ0v) is 17.0. The highest BCUT2D eigenvalue weighted by molar-refractivity contribution is 5.96. The Morgan fingerprint density at radius 3 is 2.24 bits per heavy atom. The average molecular weight is 421 g/mol. The molecule has 156 valence electrons. The van der Waals surface area contributed by atoms with Gasteiger partial charge >= 0.3 is 0 Å². The van der Waals surface area contributed by atoms with Crippen LogP contribution in [0.2, 0.25) is 0 Å². The lowest BCUT2D eigenvalue weighted by atomic mass is 10.1. The monoisotopic (exact) mass is 420 g/mol. The van der Waals surface area contributed by atoms with Crippen LogP contribution in [0.1, 0.15) is 24.2 Å². The number of benzene rings is 2. The van der Waals surface area contributed by atoms with Gasteiger partial charge in [0, 0.05) is 5.69 Å². The number of ether oxygens (including phenoxy) is 1. The fourth-order valence-electron chi connectivity index (χ4n) is 2.29. The smallest absolute Gasteiger partial charge is 0.252 e. The summed E-state index contributed by atoms with van der Waals surface area (Å²) in [6, 6.07) is 12.5. The molecule has 0 spiro atoms. The predicted octanol–water partition coefficient (Wildman–Crippen LogP) is 2.04. The number of carbonyl (C=O) groups is 3. The number of anilines is 1. The van der Waals surface area contributed by atoms with Crippen LogP contribution in [0.5, 0.6) is 11.5 Å². The van der Waals surface area contributed by atoms with Crippen molar-refractivity contribution in [3.8, 4) is 11.5 Å². The number of halogens is 1. The Labute approximate surface area is 175 Å². The van der Waals surface area contributed by atoms with E-state index < -0.39 is 11.9 Å². The van der Waals surface area contributed by atoms with Gasteiger partial charge in [0.25, 0.3) is 5.91 Å². The van der Waals surface area contributed by atoms with Crippen LogP contribution in [-0.2, 0) is 9.59 Å². The first kappa shape index (κ1) is 23.9. The Balaban J connectivity index is 0.00000420. The molecule has 0 aliphatic carbocycles. The number of primary amides is 1. The molecule has 0 aliphatic rings. The van der Waals surface area contributed by atoms with Crippen molar-refractivity contribution in [3.63, 3.8) is 0 Å². The molecule has 8 nitrogen and oxygen atoms in total. The number of carbonyl (C=O) groups excluding carboxylic acids is 3. The summed E-state index contributed by atoms with van der Waals surface area (Å²) in [4.78, 5) is 35.2. The number of nitrogens with two attached hydrogens (primary N) is 2. The van der Waals surface area contributed by atoms with Gasteiger partial charge in [0.2, 0.25) is 11.8 Å². The second-order valence-corrected chi connectivity index (χ2v) is 6.52. The molecule has 0 fully saturated rings. The Bertz CT molecular complexity index is 856. The molecule has 0 saturated heterocycles. The summed E-state index contributed by atoms with van der Waals surface area (Å²) in [5, 5.41) is 5.16. The van der Waals surface area contributed by atoms with Gasteiger partial charge in [0.05, 0.1) is 18.2 Å². The lowest BCUT2D eigenvalue weighted by molar-refractivity contribution is -0.125. The van der Waals surface area contributed by atoms with Gasteiger partial charge in [-0.15, -0.1) is 12.4 Å². The Kier molecular flexibility index (Phi) is 9.11. The Morgan fingerprint density at radius 2 is 1.66 bits per heavy atom. The Morgan fingerprint density at radius 1 is 1.03 bits per heavy atom. The van der Waals surface area contributed by atoms with Crippen molar-refractivity contribution in [2.75, 3.05) is 11.9 Å². The molecule has 0 saturated carbocycles. The molecular weight excluding hydrogens is 396 g/mol. The van der Waals surface area contributed by atoms with Crippen molar-refractivity contribution in [1.29, 1.82) is 0 Å². The van der Waals surface area contributed by atoms with Crippen LogP contribution in [0.15, 0.2) is 48.5 Å². The molecular formula is C20H25ClN4O4. The van der Waals surface area contributed by atoms with Crippen molar-refractivity contribution in [2.24, 2.45) is 17.4 Å². The number of amides is 3. The molecule has 3 amide bonds. The molecule has 0 bridgehead atoms. The minimum absolute atomic E-state index is 0. The summed E-state index contributed by atoms with van der Waals surface area (Å²) < 4.78 is 5.67. The van der Waals surface area contributed by atoms with E-state index in [1.54, 1.807) is 48.5 Å². The van der Waals surface area contributed by atoms with Crippen LogP contribution in [0, 0.1) is 5.92 Å². The standard InChI is InChI=1S/C20H24N4O4.ClH/c1-12(2)18(21)20(27)23-11-17(25)24-13-7-9-14(10-8-13)28-16-6-4-3-5-15(16)19(22)26;/h3-10,12,18H,11,21H2,1-2H3,(H2,22,26)(H,23,27)(H,24,25);1H/t18-;/m0./s1. The lowest BCUT2D eigenvalue weighted by Crippen LogP contribution is -2.46. The molecule has 2 aromatic carbocycles. The predicted molar refractivity (Wildman–Crippen MR) is 113 cm³/mol. The molecule has 9 heteroatoms. The molecule has 0 aromatic heterocycles. The summed E-state index contributed by atoms with van der Waals surface area (Å²) in [6.45, 7) is 3.48. The van der Waals surface area contributed by atoms with Crippen LogP contribution >= 0.6 is 12.4 Å². The van der Waals surface area contributed by atoms with E-state index in [1.807, 2.05) is 13.8 Å². The first-order valence-electron chi connectivity index (χ1n) is 8.78. The zero-order valence-electron chi connectivity index (χ0n) is 16.2. The highest BCUT2D eigenvalue weighted by Crippen LogP contribution is 2.26. The van der Waals surface area contributed by atoms with Gasteiger partial charge in [-0.25, -0.2) is 0 Å². The average Bonchev–Trinajstić information content (AvgIpc) is 2.67. The van der Waals surface area contributed by atoms with Crippen molar-refractivity contribution >= 4 is 35.8 Å². The van der Waals surface area contributed by atoms with E-state index in [9.17, 15) is 14.4 Å². The first-order valence-corrected chi connectivity index (χ1v) is 8.78. The summed E-state index contributed by atoms with van der Waals surface area (Å²) in [5.41, 5.74) is 11.9. The van der Waals surface area contributed by atoms with Crippen molar-refractivity contribution < 1.29 is 19.1 Å². The molecule has 2 aromatic rings. The van der Waals surface area contributed by atoms with Crippen molar-refractivity contribution in [1.82, 2.24) is 5.32 Å². The highest BCUT2D eigenvalue weighted by Gasteiger charge is 2.17. The number of hydrogen-bond acceptors (Lipinski definition) is 5. The highest BCUT2D eigenvalue weighted by atomic mass is 35.5.